The first kappa shape index (κ1) is 49.4. The Morgan fingerprint density at radius 3 is 1.60 bits per heavy atom. The third kappa shape index (κ3) is 11.6. The van der Waals surface area contributed by atoms with Crippen LogP contribution >= 0.6 is 0 Å². The number of nitriles is 1. The summed E-state index contributed by atoms with van der Waals surface area (Å²) in [7, 11) is 0. The molecule has 75 heavy (non-hydrogen) atoms. The van der Waals surface area contributed by atoms with E-state index in [0.29, 0.717) is 11.3 Å². The molecule has 6 heteroatoms. The van der Waals surface area contributed by atoms with Gasteiger partial charge in [0.2, 0.25) is 0 Å². The summed E-state index contributed by atoms with van der Waals surface area (Å²) in [6, 6.07) is 85.3. The van der Waals surface area contributed by atoms with Crippen LogP contribution in [0, 0.1) is 36.1 Å². The van der Waals surface area contributed by atoms with Crippen molar-refractivity contribution in [1.29, 1.82) is 5.26 Å². The van der Waals surface area contributed by atoms with Crippen molar-refractivity contribution in [3.8, 4) is 95.5 Å². The van der Waals surface area contributed by atoms with E-state index in [9.17, 15) is 5.26 Å². The summed E-state index contributed by atoms with van der Waals surface area (Å²) >= 11 is 0. The fourth-order valence-electron chi connectivity index (χ4n) is 9.51. The summed E-state index contributed by atoms with van der Waals surface area (Å²) < 4.78 is 0. The van der Waals surface area contributed by atoms with Crippen LogP contribution in [0.5, 0.6) is 0 Å². The molecule has 0 aliphatic rings. The molecular formula is C69H46IrN5. The van der Waals surface area contributed by atoms with E-state index < -0.39 is 0 Å². The Morgan fingerprint density at radius 1 is 0.400 bits per heavy atom. The topological polar surface area (TPSA) is 66.8 Å². The zero-order chi connectivity index (χ0) is 50.1. The van der Waals surface area contributed by atoms with Gasteiger partial charge in [0.05, 0.1) is 12.6 Å². The standard InChI is InChI=1S/C69H46N5.Ir/c1-71-62-22-12-21-60(42-62)68-36-30-49(46-73-68)26-28-51-37-50(27-25-48-29-35-67(72-45-48)58-19-10-13-52(40-58)44-70)38-61(39-51)63-23-8-9-24-64(63)66-47-74-69(59-20-11-18-57(41-59)54-16-6-3-7-17-54)43-65(66)56-33-31-55(32-34-56)53-14-4-2-5-15-53;/h2-18,20,22-24,29-40,42-43,45-47H,25-28H2;/q-3;+3. The number of hydrogen-bond donors (Lipinski definition) is 0. The maximum Gasteiger partial charge on any atom is 3.00 e. The summed E-state index contributed by atoms with van der Waals surface area (Å²) in [5.41, 5.74) is 21.9. The van der Waals surface area contributed by atoms with E-state index in [2.05, 4.69) is 181 Å². The second-order valence-electron chi connectivity index (χ2n) is 18.3. The molecule has 5 nitrogen and oxygen atoms in total. The third-order valence-electron chi connectivity index (χ3n) is 13.4. The molecule has 0 N–H and O–H groups in total. The van der Waals surface area contributed by atoms with Gasteiger partial charge < -0.3 is 9.97 Å². The Hall–Kier alpha value is -9.16. The molecule has 0 saturated carbocycles. The maximum absolute atomic E-state index is 9.46. The molecule has 3 heterocycles. The average molecular weight is 1140 g/mol. The van der Waals surface area contributed by atoms with Gasteiger partial charge >= 0.3 is 20.1 Å². The molecule has 3 aromatic heterocycles. The molecular weight excluding hydrogens is 1090 g/mol. The Bertz CT molecular complexity index is 3720. The number of nitrogens with zero attached hydrogens (tertiary/aromatic N) is 5. The first-order valence-corrected chi connectivity index (χ1v) is 24.7. The van der Waals surface area contributed by atoms with E-state index in [1.807, 2.05) is 55.0 Å². The number of rotatable bonds is 14. The molecule has 11 aromatic rings. The van der Waals surface area contributed by atoms with Crippen LogP contribution in [0.15, 0.2) is 231 Å². The molecule has 0 aliphatic carbocycles. The minimum absolute atomic E-state index is 0. The van der Waals surface area contributed by atoms with Crippen LogP contribution in [-0.4, -0.2) is 15.0 Å². The molecule has 8 aromatic carbocycles. The number of benzene rings is 8. The van der Waals surface area contributed by atoms with Gasteiger partial charge in [0.15, 0.2) is 0 Å². The summed E-state index contributed by atoms with van der Waals surface area (Å²) in [5.74, 6) is 0. The summed E-state index contributed by atoms with van der Waals surface area (Å²) in [4.78, 5) is 18.4. The fraction of sp³-hybridized carbons (Fsp3) is 0.0580. The predicted octanol–water partition coefficient (Wildman–Crippen LogP) is 16.6. The van der Waals surface area contributed by atoms with Gasteiger partial charge in [-0.3, -0.25) is 9.83 Å². The quantitative estimate of drug-likeness (QED) is 0.102. The number of aromatic nitrogens is 3. The van der Waals surface area contributed by atoms with Gasteiger partial charge in [0.25, 0.3) is 0 Å². The van der Waals surface area contributed by atoms with Crippen molar-refractivity contribution >= 4 is 5.69 Å². The van der Waals surface area contributed by atoms with Gasteiger partial charge in [-0.15, -0.1) is 83.4 Å². The first-order chi connectivity index (χ1) is 36.5. The van der Waals surface area contributed by atoms with Crippen LogP contribution in [0.25, 0.3) is 94.3 Å². The minimum atomic E-state index is 0. The minimum Gasteiger partial charge on any atom is -0.305 e. The van der Waals surface area contributed by atoms with Crippen molar-refractivity contribution in [2.24, 2.45) is 0 Å². The van der Waals surface area contributed by atoms with E-state index in [4.69, 9.17) is 21.5 Å². The molecule has 0 bridgehead atoms. The van der Waals surface area contributed by atoms with E-state index in [-0.39, 0.29) is 20.1 Å². The van der Waals surface area contributed by atoms with Gasteiger partial charge in [-0.2, -0.15) is 11.3 Å². The van der Waals surface area contributed by atoms with Crippen molar-refractivity contribution < 1.29 is 20.1 Å². The van der Waals surface area contributed by atoms with Crippen LogP contribution in [0.1, 0.15) is 27.8 Å². The Kier molecular flexibility index (Phi) is 15.3. The molecule has 0 radical (unpaired) electrons. The number of aryl methyl sites for hydroxylation is 4. The maximum atomic E-state index is 9.46. The molecule has 0 spiro atoms. The summed E-state index contributed by atoms with van der Waals surface area (Å²) in [6.45, 7) is 7.45. The van der Waals surface area contributed by atoms with E-state index in [1.165, 1.54) is 16.7 Å². The summed E-state index contributed by atoms with van der Waals surface area (Å²) in [6.07, 6.45) is 9.15. The molecule has 356 valence electrons. The van der Waals surface area contributed by atoms with Crippen LogP contribution in [0.4, 0.5) is 5.69 Å². The van der Waals surface area contributed by atoms with Crippen molar-refractivity contribution in [3.05, 3.63) is 288 Å². The van der Waals surface area contributed by atoms with Crippen LogP contribution in [0.3, 0.4) is 0 Å². The fourth-order valence-corrected chi connectivity index (χ4v) is 9.51. The number of pyridine rings is 3. The summed E-state index contributed by atoms with van der Waals surface area (Å²) in [5, 5.41) is 9.46. The predicted molar refractivity (Wildman–Crippen MR) is 299 cm³/mol. The van der Waals surface area contributed by atoms with Crippen LogP contribution < -0.4 is 0 Å². The molecule has 0 amide bonds. The second-order valence-corrected chi connectivity index (χ2v) is 18.3. The molecule has 0 aliphatic heterocycles. The molecule has 0 fully saturated rings. The van der Waals surface area contributed by atoms with Crippen molar-refractivity contribution in [2.45, 2.75) is 25.7 Å². The van der Waals surface area contributed by atoms with Gasteiger partial charge in [0.1, 0.15) is 5.69 Å². The Morgan fingerprint density at radius 2 is 0.960 bits per heavy atom. The zero-order valence-corrected chi connectivity index (χ0v) is 43.2. The Balaban J connectivity index is 0.00000641. The molecule has 11 rings (SSSR count). The first-order valence-electron chi connectivity index (χ1n) is 24.7. The molecule has 0 saturated heterocycles. The average Bonchev–Trinajstić information content (AvgIpc) is 3.49. The molecule has 0 unspecified atom stereocenters. The van der Waals surface area contributed by atoms with Gasteiger partial charge in [0, 0.05) is 29.8 Å². The van der Waals surface area contributed by atoms with Gasteiger partial charge in [-0.05, 0) is 104 Å². The SMILES string of the molecule is [C-]#[N+]c1cc[c-]c(-c2ccc(CCc3cc(CCc4ccc(-c5[c-]ccc(C#N)c5)nc4)cc(-c4ccccc4-c4cnc(-c5[c-]c(-c6ccccc6)ccc5)cc4-c4ccc(-c5ccccc5)cc4)c3)cn2)c1.[Ir+3]. The van der Waals surface area contributed by atoms with Crippen LogP contribution in [0.2, 0.25) is 0 Å². The van der Waals surface area contributed by atoms with Crippen molar-refractivity contribution in [3.63, 3.8) is 0 Å². The second kappa shape index (κ2) is 23.2. The van der Waals surface area contributed by atoms with E-state index >= 15 is 0 Å². The Labute approximate surface area is 452 Å². The van der Waals surface area contributed by atoms with Crippen LogP contribution in [-0.2, 0) is 45.8 Å². The van der Waals surface area contributed by atoms with Gasteiger partial charge in [-0.1, -0.05) is 169 Å². The number of hydrogen-bond acceptors (Lipinski definition) is 4. The smallest absolute Gasteiger partial charge is 0.305 e. The van der Waals surface area contributed by atoms with Gasteiger partial charge in [-0.25, -0.2) is 0 Å². The monoisotopic (exact) mass is 1140 g/mol. The largest absolute Gasteiger partial charge is 3.00 e. The normalized spacial score (nSPS) is 10.7. The van der Waals surface area contributed by atoms with Crippen molar-refractivity contribution in [2.75, 3.05) is 0 Å². The van der Waals surface area contributed by atoms with Crippen molar-refractivity contribution in [1.82, 2.24) is 15.0 Å². The third-order valence-corrected chi connectivity index (χ3v) is 13.4. The van der Waals surface area contributed by atoms with E-state index in [1.54, 1.807) is 24.3 Å². The van der Waals surface area contributed by atoms with E-state index in [0.717, 1.165) is 121 Å². The molecule has 0 atom stereocenters. The zero-order valence-electron chi connectivity index (χ0n) is 40.8.